The van der Waals surface area contributed by atoms with Gasteiger partial charge in [-0.25, -0.2) is 4.98 Å². The van der Waals surface area contributed by atoms with Crippen LogP contribution in [0.5, 0.6) is 0 Å². The van der Waals surface area contributed by atoms with Crippen LogP contribution < -0.4 is 11.3 Å². The lowest BCUT2D eigenvalue weighted by Gasteiger charge is -2.44. The van der Waals surface area contributed by atoms with Crippen molar-refractivity contribution in [3.63, 3.8) is 0 Å². The second kappa shape index (κ2) is 12.2. The van der Waals surface area contributed by atoms with Crippen LogP contribution in [0.1, 0.15) is 17.6 Å². The summed E-state index contributed by atoms with van der Waals surface area (Å²) in [5.74, 6) is -1.80. The van der Waals surface area contributed by atoms with Gasteiger partial charge < -0.3 is 60.4 Å². The number of imidazole rings is 1. The Kier molecular flexibility index (Phi) is 9.09. The number of anilines is 1. The zero-order valence-corrected chi connectivity index (χ0v) is 20.6. The number of aliphatic hydroxyl groups is 7. The van der Waals surface area contributed by atoms with Crippen molar-refractivity contribution in [1.29, 1.82) is 0 Å². The van der Waals surface area contributed by atoms with Crippen molar-refractivity contribution in [3.05, 3.63) is 16.7 Å². The number of hydrogen-bond acceptors (Lipinski definition) is 17. The van der Waals surface area contributed by atoms with E-state index in [0.29, 0.717) is 0 Å². The summed E-state index contributed by atoms with van der Waals surface area (Å²) in [5.41, 5.74) is 4.61. The number of nitrogens with two attached hydrogens (primary N) is 1. The average Bonchev–Trinajstić information content (AvgIpc) is 3.35. The Hall–Kier alpha value is -3.11. The van der Waals surface area contributed by atoms with E-state index < -0.39 is 105 Å². The number of H-pyrrole nitrogens is 1. The van der Waals surface area contributed by atoms with Crippen LogP contribution in [0.4, 0.5) is 5.95 Å². The van der Waals surface area contributed by atoms with Gasteiger partial charge in [-0.1, -0.05) is 0 Å². The van der Waals surface area contributed by atoms with E-state index in [-0.39, 0.29) is 17.1 Å². The summed E-state index contributed by atoms with van der Waals surface area (Å²) in [6, 6.07) is 0. The van der Waals surface area contributed by atoms with E-state index in [4.69, 9.17) is 24.7 Å². The Morgan fingerprint density at radius 1 is 0.950 bits per heavy atom. The number of rotatable bonds is 8. The number of aliphatic hydroxyl groups excluding tert-OH is 7. The Labute approximate surface area is 223 Å². The first kappa shape index (κ1) is 29.9. The van der Waals surface area contributed by atoms with Crippen molar-refractivity contribution in [2.24, 2.45) is 0 Å². The number of carbonyl (C=O) groups is 2. The van der Waals surface area contributed by atoms with Gasteiger partial charge in [0.15, 0.2) is 23.7 Å². The summed E-state index contributed by atoms with van der Waals surface area (Å²) in [7, 11) is 0. The van der Waals surface area contributed by atoms with Crippen molar-refractivity contribution in [3.8, 4) is 0 Å². The molecule has 222 valence electrons. The number of fused-ring (bicyclic) bond motifs is 1. The van der Waals surface area contributed by atoms with Gasteiger partial charge in [0.05, 0.1) is 13.0 Å². The average molecular weight is 575 g/mol. The molecule has 2 aromatic rings. The first-order chi connectivity index (χ1) is 18.9. The normalized spacial score (nSPS) is 34.6. The summed E-state index contributed by atoms with van der Waals surface area (Å²) in [4.78, 5) is 46.5. The molecule has 10 N–H and O–H groups in total. The molecule has 2 saturated heterocycles. The second-order valence-corrected chi connectivity index (χ2v) is 9.16. The van der Waals surface area contributed by atoms with E-state index >= 15 is 0 Å². The molecule has 4 heterocycles. The van der Waals surface area contributed by atoms with Crippen LogP contribution in [0.25, 0.3) is 11.2 Å². The number of esters is 1. The highest BCUT2D eigenvalue weighted by Gasteiger charge is 2.49. The van der Waals surface area contributed by atoms with Crippen molar-refractivity contribution in [1.82, 2.24) is 19.5 Å². The Bertz CT molecular complexity index is 1270. The van der Waals surface area contributed by atoms with Gasteiger partial charge >= 0.3 is 5.97 Å². The van der Waals surface area contributed by atoms with Crippen molar-refractivity contribution < 1.29 is 64.3 Å². The maximum atomic E-state index is 12.5. The topological polar surface area (TPSA) is 302 Å². The largest absolute Gasteiger partial charge is 0.463 e. The SMILES string of the molecule is Nc1nc2c(ncn2C(=O)CCC(=O)OC[C@H]2O[C@H](O[C@H]3O[C@H](CO)[C@@H](O)[C@H](O)[C@H]3O)[C@H](O)[C@@H](O)[C@@H]2O)c(=O)[nH]1. The number of nitrogen functional groups attached to an aromatic ring is 1. The van der Waals surface area contributed by atoms with Gasteiger partial charge in [-0.3, -0.25) is 23.9 Å². The van der Waals surface area contributed by atoms with Crippen molar-refractivity contribution >= 4 is 29.0 Å². The number of aromatic amines is 1. The van der Waals surface area contributed by atoms with Gasteiger partial charge in [0.1, 0.15) is 61.8 Å². The highest BCUT2D eigenvalue weighted by molar-refractivity contribution is 5.90. The van der Waals surface area contributed by atoms with Crippen LogP contribution >= 0.6 is 0 Å². The number of ether oxygens (including phenoxy) is 4. The fourth-order valence-electron chi connectivity index (χ4n) is 4.16. The highest BCUT2D eigenvalue weighted by atomic mass is 16.8. The molecule has 0 aliphatic carbocycles. The van der Waals surface area contributed by atoms with Gasteiger partial charge in [-0.05, 0) is 0 Å². The molecule has 2 aliphatic rings. The molecule has 19 nitrogen and oxygen atoms in total. The predicted molar refractivity (Wildman–Crippen MR) is 125 cm³/mol. The Morgan fingerprint density at radius 2 is 1.55 bits per heavy atom. The molecule has 0 radical (unpaired) electrons. The summed E-state index contributed by atoms with van der Waals surface area (Å²) < 4.78 is 21.8. The molecular weight excluding hydrogens is 546 g/mol. The number of hydrogen-bond donors (Lipinski definition) is 9. The molecule has 19 heteroatoms. The number of nitrogens with one attached hydrogen (secondary N) is 1. The lowest BCUT2D eigenvalue weighted by Crippen LogP contribution is -2.63. The molecule has 0 saturated carbocycles. The molecule has 10 atom stereocenters. The minimum Gasteiger partial charge on any atom is -0.463 e. The fourth-order valence-corrected chi connectivity index (χ4v) is 4.16. The molecular formula is C21H29N5O14. The van der Waals surface area contributed by atoms with E-state index in [9.17, 15) is 50.1 Å². The van der Waals surface area contributed by atoms with Crippen LogP contribution in [-0.2, 0) is 23.7 Å². The van der Waals surface area contributed by atoms with Gasteiger partial charge in [-0.2, -0.15) is 4.98 Å². The van der Waals surface area contributed by atoms with Gasteiger partial charge in [0.25, 0.3) is 5.56 Å². The summed E-state index contributed by atoms with van der Waals surface area (Å²) in [5, 5.41) is 70.0. The smallest absolute Gasteiger partial charge is 0.306 e. The standard InChI is InChI=1S/C21H29N5O14/c22-21-24-17-10(18(36)25-21)23-5-26(17)8(28)1-2-9(29)37-4-7-12(31)14(33)16(35)20(39-7)40-19-15(34)13(32)11(30)6(3-27)38-19/h5-7,11-16,19-20,27,30-35H,1-4H2,(H3,22,24,25,36)/t6-,7-,11-,12-,13+,14+,15-,16-,19-,20-/m1/s1. The molecule has 0 unspecified atom stereocenters. The van der Waals surface area contributed by atoms with Gasteiger partial charge in [0, 0.05) is 6.42 Å². The zero-order valence-electron chi connectivity index (χ0n) is 20.6. The lowest BCUT2D eigenvalue weighted by atomic mass is 9.98. The van der Waals surface area contributed by atoms with Crippen LogP contribution in [0, 0.1) is 0 Å². The summed E-state index contributed by atoms with van der Waals surface area (Å²) in [6.45, 7) is -1.41. The summed E-state index contributed by atoms with van der Waals surface area (Å²) in [6.07, 6.45) is -16.9. The van der Waals surface area contributed by atoms with E-state index in [2.05, 4.69) is 15.0 Å². The minimum absolute atomic E-state index is 0.101. The molecule has 2 aliphatic heterocycles. The van der Waals surface area contributed by atoms with Crippen molar-refractivity contribution in [2.45, 2.75) is 74.3 Å². The first-order valence-electron chi connectivity index (χ1n) is 12.0. The van der Waals surface area contributed by atoms with E-state index in [1.807, 2.05) is 0 Å². The molecule has 0 spiro atoms. The number of carbonyl (C=O) groups excluding carboxylic acids is 2. The van der Waals surface area contributed by atoms with Crippen LogP contribution in [0.15, 0.2) is 11.1 Å². The highest BCUT2D eigenvalue weighted by Crippen LogP contribution is 2.28. The lowest BCUT2D eigenvalue weighted by molar-refractivity contribution is -0.376. The Morgan fingerprint density at radius 3 is 2.17 bits per heavy atom. The maximum absolute atomic E-state index is 12.5. The third-order valence-corrected chi connectivity index (χ3v) is 6.43. The fraction of sp³-hybridized carbons (Fsp3) is 0.667. The molecule has 0 aromatic carbocycles. The zero-order chi connectivity index (χ0) is 29.3. The molecule has 0 amide bonds. The number of nitrogens with zero attached hydrogens (tertiary/aromatic N) is 3. The molecule has 0 bridgehead atoms. The van der Waals surface area contributed by atoms with Gasteiger partial charge in [0.2, 0.25) is 11.9 Å². The third kappa shape index (κ3) is 5.98. The monoisotopic (exact) mass is 575 g/mol. The minimum atomic E-state index is -1.88. The van der Waals surface area contributed by atoms with Crippen LogP contribution in [-0.4, -0.2) is 142 Å². The molecule has 2 fully saturated rings. The molecule has 4 rings (SSSR count). The predicted octanol–water partition coefficient (Wildman–Crippen LogP) is -5.71. The maximum Gasteiger partial charge on any atom is 0.306 e. The first-order valence-corrected chi connectivity index (χ1v) is 12.0. The van der Waals surface area contributed by atoms with E-state index in [1.54, 1.807) is 0 Å². The molecule has 2 aromatic heterocycles. The Balaban J connectivity index is 1.32. The molecule has 40 heavy (non-hydrogen) atoms. The van der Waals surface area contributed by atoms with E-state index in [0.717, 1.165) is 10.9 Å². The third-order valence-electron chi connectivity index (χ3n) is 6.43. The second-order valence-electron chi connectivity index (χ2n) is 9.16. The van der Waals surface area contributed by atoms with Crippen LogP contribution in [0.3, 0.4) is 0 Å². The number of aromatic nitrogens is 4. The quantitative estimate of drug-likeness (QED) is 0.132. The van der Waals surface area contributed by atoms with Gasteiger partial charge in [-0.15, -0.1) is 0 Å². The van der Waals surface area contributed by atoms with Crippen LogP contribution in [0.2, 0.25) is 0 Å². The van der Waals surface area contributed by atoms with E-state index in [1.165, 1.54) is 0 Å². The summed E-state index contributed by atoms with van der Waals surface area (Å²) >= 11 is 0. The van der Waals surface area contributed by atoms with Crippen molar-refractivity contribution in [2.75, 3.05) is 18.9 Å².